The molecule has 1 aromatic carbocycles. The molecule has 1 amide bonds. The first-order valence-corrected chi connectivity index (χ1v) is 4.63. The predicted molar refractivity (Wildman–Crippen MR) is 56.2 cm³/mol. The number of benzene rings is 1. The molecular formula is C11H6F3NO4. The van der Waals surface area contributed by atoms with Crippen LogP contribution < -0.4 is 10.5 Å². The molecule has 0 heterocycles. The van der Waals surface area contributed by atoms with Gasteiger partial charge in [0.2, 0.25) is 0 Å². The average Bonchev–Trinajstić information content (AvgIpc) is 2.23. The van der Waals surface area contributed by atoms with E-state index in [4.69, 9.17) is 10.8 Å². The Morgan fingerprint density at radius 1 is 1.32 bits per heavy atom. The van der Waals surface area contributed by atoms with Gasteiger partial charge in [0.25, 0.3) is 5.91 Å². The van der Waals surface area contributed by atoms with Crippen molar-refractivity contribution in [3.05, 3.63) is 29.3 Å². The molecule has 0 saturated carbocycles. The minimum Gasteiger partial charge on any atom is -0.478 e. The molecule has 0 unspecified atom stereocenters. The van der Waals surface area contributed by atoms with Crippen LogP contribution >= 0.6 is 0 Å². The van der Waals surface area contributed by atoms with Gasteiger partial charge in [0, 0.05) is 5.56 Å². The fraction of sp³-hybridized carbons (Fsp3) is 0.0909. The maximum atomic E-state index is 12.1. The van der Waals surface area contributed by atoms with Crippen LogP contribution in [-0.4, -0.2) is 23.3 Å². The molecule has 8 heteroatoms. The van der Waals surface area contributed by atoms with E-state index in [0.717, 1.165) is 18.2 Å². The summed E-state index contributed by atoms with van der Waals surface area (Å²) in [6.07, 6.45) is -5.04. The third kappa shape index (κ3) is 4.59. The number of carbonyl (C=O) groups is 2. The fourth-order valence-electron chi connectivity index (χ4n) is 1.12. The number of carboxylic acid groups (broad SMARTS) is 1. The predicted octanol–water partition coefficient (Wildman–Crippen LogP) is 1.12. The number of carbonyl (C=O) groups excluding carboxylic acids is 1. The molecule has 0 radical (unpaired) electrons. The van der Waals surface area contributed by atoms with Crippen molar-refractivity contribution in [2.75, 3.05) is 0 Å². The van der Waals surface area contributed by atoms with Gasteiger partial charge in [0.15, 0.2) is 0 Å². The van der Waals surface area contributed by atoms with Gasteiger partial charge in [0.05, 0.1) is 0 Å². The zero-order valence-electron chi connectivity index (χ0n) is 9.12. The number of halogens is 3. The van der Waals surface area contributed by atoms with E-state index in [-0.39, 0.29) is 5.56 Å². The monoisotopic (exact) mass is 273 g/mol. The maximum absolute atomic E-state index is 12.1. The number of aromatic carboxylic acids is 1. The van der Waals surface area contributed by atoms with E-state index in [1.54, 1.807) is 0 Å². The Labute approximate surface area is 104 Å². The first-order chi connectivity index (χ1) is 8.69. The Morgan fingerprint density at radius 3 is 2.42 bits per heavy atom. The molecule has 1 aromatic rings. The highest BCUT2D eigenvalue weighted by Gasteiger charge is 2.33. The lowest BCUT2D eigenvalue weighted by Gasteiger charge is -2.11. The Bertz CT molecular complexity index is 584. The molecule has 0 fully saturated rings. The number of alkyl halides is 3. The lowest BCUT2D eigenvalue weighted by Crippen LogP contribution is -2.19. The molecule has 3 N–H and O–H groups in total. The molecule has 19 heavy (non-hydrogen) atoms. The second-order valence-corrected chi connectivity index (χ2v) is 3.18. The molecule has 0 spiro atoms. The average molecular weight is 273 g/mol. The van der Waals surface area contributed by atoms with Crippen molar-refractivity contribution in [1.82, 2.24) is 0 Å². The highest BCUT2D eigenvalue weighted by Crippen LogP contribution is 2.27. The highest BCUT2D eigenvalue weighted by molar-refractivity contribution is 5.93. The number of hydrogen-bond donors (Lipinski definition) is 2. The Morgan fingerprint density at radius 2 is 1.95 bits per heavy atom. The van der Waals surface area contributed by atoms with E-state index < -0.39 is 29.6 Å². The third-order valence-corrected chi connectivity index (χ3v) is 1.77. The number of hydrogen-bond acceptors (Lipinski definition) is 3. The summed E-state index contributed by atoms with van der Waals surface area (Å²) in [6.45, 7) is 0. The summed E-state index contributed by atoms with van der Waals surface area (Å²) in [5, 5.41) is 8.71. The van der Waals surface area contributed by atoms with E-state index in [1.165, 1.54) is 0 Å². The van der Waals surface area contributed by atoms with Crippen LogP contribution in [0.15, 0.2) is 18.2 Å². The normalized spacial score (nSPS) is 10.3. The van der Waals surface area contributed by atoms with E-state index in [2.05, 4.69) is 10.7 Å². The Balaban J connectivity index is 3.23. The molecule has 0 aliphatic rings. The summed E-state index contributed by atoms with van der Waals surface area (Å²) in [5.41, 5.74) is 4.02. The summed E-state index contributed by atoms with van der Waals surface area (Å²) in [5.74, 6) is 0.596. The van der Waals surface area contributed by atoms with Crippen molar-refractivity contribution >= 4 is 11.9 Å². The van der Waals surface area contributed by atoms with Crippen LogP contribution in [0.3, 0.4) is 0 Å². The van der Waals surface area contributed by atoms with Crippen LogP contribution in [0.1, 0.15) is 15.9 Å². The lowest BCUT2D eigenvalue weighted by atomic mass is 10.1. The van der Waals surface area contributed by atoms with E-state index in [0.29, 0.717) is 0 Å². The number of rotatable bonds is 2. The van der Waals surface area contributed by atoms with Gasteiger partial charge in [-0.1, -0.05) is 5.92 Å². The van der Waals surface area contributed by atoms with Gasteiger partial charge in [-0.3, -0.25) is 4.79 Å². The van der Waals surface area contributed by atoms with Crippen LogP contribution in [0, 0.1) is 11.8 Å². The van der Waals surface area contributed by atoms with Gasteiger partial charge in [0.1, 0.15) is 11.3 Å². The largest absolute Gasteiger partial charge is 0.573 e. The first kappa shape index (κ1) is 14.4. The van der Waals surface area contributed by atoms with E-state index in [9.17, 15) is 22.8 Å². The van der Waals surface area contributed by atoms with Crippen LogP contribution in [0.5, 0.6) is 5.75 Å². The zero-order valence-corrected chi connectivity index (χ0v) is 9.12. The maximum Gasteiger partial charge on any atom is 0.573 e. The molecule has 0 aliphatic heterocycles. The fourth-order valence-corrected chi connectivity index (χ4v) is 1.12. The number of ether oxygens (including phenoxy) is 1. The number of amides is 1. The summed E-state index contributed by atoms with van der Waals surface area (Å²) in [7, 11) is 0. The molecule has 5 nitrogen and oxygen atoms in total. The van der Waals surface area contributed by atoms with Crippen LogP contribution in [0.4, 0.5) is 13.2 Å². The van der Waals surface area contributed by atoms with Gasteiger partial charge in [-0.25, -0.2) is 4.79 Å². The Hall–Kier alpha value is -2.69. The van der Waals surface area contributed by atoms with Crippen molar-refractivity contribution in [3.63, 3.8) is 0 Å². The third-order valence-electron chi connectivity index (χ3n) is 1.77. The molecule has 1 rings (SSSR count). The summed E-state index contributed by atoms with van der Waals surface area (Å²) >= 11 is 0. The zero-order chi connectivity index (χ0) is 14.6. The Kier molecular flexibility index (Phi) is 4.01. The molecule has 100 valence electrons. The van der Waals surface area contributed by atoms with Crippen LogP contribution in [-0.2, 0) is 4.79 Å². The lowest BCUT2D eigenvalue weighted by molar-refractivity contribution is -0.274. The second kappa shape index (κ2) is 5.30. The number of nitrogens with two attached hydrogens (primary N) is 1. The summed E-state index contributed by atoms with van der Waals surface area (Å²) in [6, 6.07) is 2.77. The van der Waals surface area contributed by atoms with E-state index >= 15 is 0 Å². The van der Waals surface area contributed by atoms with Crippen molar-refractivity contribution in [3.8, 4) is 17.6 Å². The number of primary amides is 1. The SMILES string of the molecule is NC(=O)C#Cc1ccc(C(=O)O)c(OC(F)(F)F)c1. The van der Waals surface area contributed by atoms with Gasteiger partial charge in [-0.15, -0.1) is 13.2 Å². The molecule has 0 saturated heterocycles. The van der Waals surface area contributed by atoms with Gasteiger partial charge >= 0.3 is 12.3 Å². The van der Waals surface area contributed by atoms with Crippen LogP contribution in [0.2, 0.25) is 0 Å². The van der Waals surface area contributed by atoms with Gasteiger partial charge < -0.3 is 15.6 Å². The van der Waals surface area contributed by atoms with Crippen molar-refractivity contribution in [2.45, 2.75) is 6.36 Å². The summed E-state index contributed by atoms with van der Waals surface area (Å²) in [4.78, 5) is 21.1. The quantitative estimate of drug-likeness (QED) is 0.790. The molecular weight excluding hydrogens is 267 g/mol. The van der Waals surface area contributed by atoms with Crippen molar-refractivity contribution in [1.29, 1.82) is 0 Å². The topological polar surface area (TPSA) is 89.6 Å². The number of carboxylic acids is 1. The van der Waals surface area contributed by atoms with Crippen molar-refractivity contribution in [2.24, 2.45) is 5.73 Å². The van der Waals surface area contributed by atoms with Gasteiger partial charge in [-0.05, 0) is 24.1 Å². The molecule has 0 aromatic heterocycles. The van der Waals surface area contributed by atoms with Crippen molar-refractivity contribution < 1.29 is 32.6 Å². The molecule has 0 bridgehead atoms. The smallest absolute Gasteiger partial charge is 0.478 e. The van der Waals surface area contributed by atoms with E-state index in [1.807, 2.05) is 5.92 Å². The highest BCUT2D eigenvalue weighted by atomic mass is 19.4. The minimum atomic E-state index is -5.04. The minimum absolute atomic E-state index is 0.0388. The van der Waals surface area contributed by atoms with Gasteiger partial charge in [-0.2, -0.15) is 0 Å². The standard InChI is InChI=1S/C11H6F3NO4/c12-11(13,14)19-8-5-6(2-4-9(15)16)1-3-7(8)10(17)18/h1,3,5H,(H2,15,16)(H,17,18). The molecule has 0 aliphatic carbocycles. The summed E-state index contributed by atoms with van der Waals surface area (Å²) < 4.78 is 39.9. The molecule has 0 atom stereocenters. The van der Waals surface area contributed by atoms with Crippen LogP contribution in [0.25, 0.3) is 0 Å². The first-order valence-electron chi connectivity index (χ1n) is 4.63. The second-order valence-electron chi connectivity index (χ2n) is 3.18.